The average Bonchev–Trinajstić information content (AvgIpc) is 2.46. The third-order valence-corrected chi connectivity index (χ3v) is 3.31. The number of methoxy groups -OCH3 is 1. The summed E-state index contributed by atoms with van der Waals surface area (Å²) in [5, 5.41) is 2.45. The van der Waals surface area contributed by atoms with Gasteiger partial charge in [0, 0.05) is 13.2 Å². The Morgan fingerprint density at radius 3 is 2.48 bits per heavy atom. The zero-order chi connectivity index (χ0) is 17.6. The molecule has 8 heteroatoms. The summed E-state index contributed by atoms with van der Waals surface area (Å²) in [6.45, 7) is 3.66. The maximum absolute atomic E-state index is 12.8. The average molecular weight is 334 g/mol. The van der Waals surface area contributed by atoms with Crippen LogP contribution in [0.15, 0.2) is 18.2 Å². The topological polar surface area (TPSA) is 73.6 Å². The molecule has 0 aliphatic carbocycles. The van der Waals surface area contributed by atoms with E-state index in [2.05, 4.69) is 5.32 Å². The van der Waals surface area contributed by atoms with Crippen LogP contribution in [0.4, 0.5) is 18.9 Å². The molecule has 0 saturated carbocycles. The van der Waals surface area contributed by atoms with E-state index in [4.69, 9.17) is 15.2 Å². The fourth-order valence-corrected chi connectivity index (χ4v) is 1.65. The van der Waals surface area contributed by atoms with Crippen molar-refractivity contribution in [3.63, 3.8) is 0 Å². The summed E-state index contributed by atoms with van der Waals surface area (Å²) >= 11 is 0. The van der Waals surface area contributed by atoms with Crippen LogP contribution in [-0.2, 0) is 15.7 Å². The normalized spacial score (nSPS) is 14.2. The Morgan fingerprint density at radius 2 is 1.96 bits per heavy atom. The Labute approximate surface area is 132 Å². The van der Waals surface area contributed by atoms with Crippen LogP contribution in [-0.4, -0.2) is 32.3 Å². The molecule has 2 atom stereocenters. The second kappa shape index (κ2) is 8.16. The molecule has 1 aromatic carbocycles. The van der Waals surface area contributed by atoms with Gasteiger partial charge in [0.15, 0.2) is 0 Å². The minimum atomic E-state index is -4.52. The molecule has 130 valence electrons. The van der Waals surface area contributed by atoms with Gasteiger partial charge in [-0.3, -0.25) is 4.79 Å². The molecular formula is C15H21F3N2O3. The van der Waals surface area contributed by atoms with Gasteiger partial charge in [-0.2, -0.15) is 13.2 Å². The summed E-state index contributed by atoms with van der Waals surface area (Å²) in [7, 11) is 1.48. The maximum atomic E-state index is 12.8. The highest BCUT2D eigenvalue weighted by Crippen LogP contribution is 2.35. The van der Waals surface area contributed by atoms with Crippen molar-refractivity contribution < 1.29 is 27.4 Å². The lowest BCUT2D eigenvalue weighted by molar-refractivity contribution is -0.137. The molecule has 0 bridgehead atoms. The number of anilines is 1. The van der Waals surface area contributed by atoms with Crippen molar-refractivity contribution in [1.82, 2.24) is 0 Å². The smallest absolute Gasteiger partial charge is 0.416 e. The van der Waals surface area contributed by atoms with Crippen molar-refractivity contribution in [2.45, 2.75) is 26.1 Å². The first-order chi connectivity index (χ1) is 10.7. The van der Waals surface area contributed by atoms with E-state index in [0.29, 0.717) is 0 Å². The lowest BCUT2D eigenvalue weighted by atomic mass is 10.0. The number of carbonyl (C=O) groups is 1. The number of alkyl halides is 3. The molecule has 2 unspecified atom stereocenters. The van der Waals surface area contributed by atoms with Crippen LogP contribution in [0, 0.1) is 5.92 Å². The maximum Gasteiger partial charge on any atom is 0.416 e. The molecule has 0 aromatic heterocycles. The van der Waals surface area contributed by atoms with E-state index >= 15 is 0 Å². The molecule has 0 fully saturated rings. The van der Waals surface area contributed by atoms with Crippen LogP contribution in [0.2, 0.25) is 0 Å². The Hall–Kier alpha value is -1.80. The van der Waals surface area contributed by atoms with Gasteiger partial charge in [-0.05, 0) is 25.1 Å². The molecule has 0 aliphatic rings. The number of nitrogens with two attached hydrogens (primary N) is 1. The molecular weight excluding hydrogens is 313 g/mol. The molecule has 23 heavy (non-hydrogen) atoms. The number of ether oxygens (including phenoxy) is 2. The Kier molecular flexibility index (Phi) is 6.83. The molecule has 0 aliphatic heterocycles. The monoisotopic (exact) mass is 334 g/mol. The Bertz CT molecular complexity index is 533. The number of rotatable bonds is 7. The molecule has 1 amide bonds. The second-order valence-electron chi connectivity index (χ2n) is 5.19. The van der Waals surface area contributed by atoms with E-state index in [0.717, 1.165) is 12.1 Å². The number of amides is 1. The number of hydrogen-bond donors (Lipinski definition) is 2. The Balaban J connectivity index is 3.04. The third kappa shape index (κ3) is 5.72. The SMILES string of the molecule is COCCOc1ccc(C(F)(F)F)cc1NC(=O)C(C)C(C)N. The fourth-order valence-electron chi connectivity index (χ4n) is 1.65. The van der Waals surface area contributed by atoms with Crippen molar-refractivity contribution in [2.24, 2.45) is 11.7 Å². The molecule has 0 heterocycles. The van der Waals surface area contributed by atoms with Gasteiger partial charge in [0.05, 0.1) is 23.8 Å². The summed E-state index contributed by atoms with van der Waals surface area (Å²) in [6.07, 6.45) is -4.52. The van der Waals surface area contributed by atoms with Gasteiger partial charge in [0.1, 0.15) is 12.4 Å². The van der Waals surface area contributed by atoms with Crippen molar-refractivity contribution in [3.8, 4) is 5.75 Å². The highest BCUT2D eigenvalue weighted by Gasteiger charge is 2.31. The van der Waals surface area contributed by atoms with E-state index in [9.17, 15) is 18.0 Å². The first kappa shape index (κ1) is 19.2. The van der Waals surface area contributed by atoms with Crippen molar-refractivity contribution in [3.05, 3.63) is 23.8 Å². The van der Waals surface area contributed by atoms with Crippen molar-refractivity contribution >= 4 is 11.6 Å². The summed E-state index contributed by atoms with van der Waals surface area (Å²) in [6, 6.07) is 2.48. The van der Waals surface area contributed by atoms with Gasteiger partial charge >= 0.3 is 6.18 Å². The molecule has 0 radical (unpaired) electrons. The largest absolute Gasteiger partial charge is 0.489 e. The van der Waals surface area contributed by atoms with E-state index in [1.807, 2.05) is 0 Å². The van der Waals surface area contributed by atoms with E-state index < -0.39 is 29.6 Å². The highest BCUT2D eigenvalue weighted by atomic mass is 19.4. The van der Waals surface area contributed by atoms with Gasteiger partial charge in [0.2, 0.25) is 5.91 Å². The van der Waals surface area contributed by atoms with Gasteiger partial charge < -0.3 is 20.5 Å². The highest BCUT2D eigenvalue weighted by molar-refractivity contribution is 5.94. The summed E-state index contributed by atoms with van der Waals surface area (Å²) in [4.78, 5) is 12.0. The van der Waals surface area contributed by atoms with Crippen LogP contribution in [0.25, 0.3) is 0 Å². The summed E-state index contributed by atoms with van der Waals surface area (Å²) in [5.41, 5.74) is 4.71. The van der Waals surface area contributed by atoms with Crippen molar-refractivity contribution in [2.75, 3.05) is 25.6 Å². The summed E-state index contributed by atoms with van der Waals surface area (Å²) < 4.78 is 48.7. The van der Waals surface area contributed by atoms with E-state index in [-0.39, 0.29) is 24.7 Å². The lowest BCUT2D eigenvalue weighted by Gasteiger charge is -2.19. The van der Waals surface area contributed by atoms with Crippen molar-refractivity contribution in [1.29, 1.82) is 0 Å². The molecule has 5 nitrogen and oxygen atoms in total. The minimum absolute atomic E-state index is 0.0478. The number of halogens is 3. The molecule has 0 saturated heterocycles. The van der Waals surface area contributed by atoms with Gasteiger partial charge in [-0.25, -0.2) is 0 Å². The predicted molar refractivity (Wildman–Crippen MR) is 80.3 cm³/mol. The fraction of sp³-hybridized carbons (Fsp3) is 0.533. The molecule has 1 rings (SSSR count). The molecule has 0 spiro atoms. The van der Waals surface area contributed by atoms with E-state index in [1.54, 1.807) is 13.8 Å². The zero-order valence-electron chi connectivity index (χ0n) is 13.2. The van der Waals surface area contributed by atoms with Gasteiger partial charge in [0.25, 0.3) is 0 Å². The second-order valence-corrected chi connectivity index (χ2v) is 5.19. The van der Waals surface area contributed by atoms with Crippen LogP contribution < -0.4 is 15.8 Å². The van der Waals surface area contributed by atoms with Crippen LogP contribution in [0.5, 0.6) is 5.75 Å². The molecule has 1 aromatic rings. The van der Waals surface area contributed by atoms with Crippen LogP contribution >= 0.6 is 0 Å². The number of benzene rings is 1. The van der Waals surface area contributed by atoms with E-state index in [1.165, 1.54) is 13.2 Å². The van der Waals surface area contributed by atoms with Gasteiger partial charge in [-0.15, -0.1) is 0 Å². The number of nitrogens with one attached hydrogen (secondary N) is 1. The zero-order valence-corrected chi connectivity index (χ0v) is 13.2. The first-order valence-electron chi connectivity index (χ1n) is 7.06. The number of carbonyl (C=O) groups excluding carboxylic acids is 1. The minimum Gasteiger partial charge on any atom is -0.489 e. The number of hydrogen-bond acceptors (Lipinski definition) is 4. The quantitative estimate of drug-likeness (QED) is 0.752. The third-order valence-electron chi connectivity index (χ3n) is 3.31. The Morgan fingerprint density at radius 1 is 1.30 bits per heavy atom. The molecule has 3 N–H and O–H groups in total. The van der Waals surface area contributed by atoms with Gasteiger partial charge in [-0.1, -0.05) is 6.92 Å². The predicted octanol–water partition coefficient (Wildman–Crippen LogP) is 2.65. The lowest BCUT2D eigenvalue weighted by Crippen LogP contribution is -2.34. The van der Waals surface area contributed by atoms with Crippen LogP contribution in [0.3, 0.4) is 0 Å². The summed E-state index contributed by atoms with van der Waals surface area (Å²) in [5.74, 6) is -0.896. The van der Waals surface area contributed by atoms with Crippen LogP contribution in [0.1, 0.15) is 19.4 Å². The first-order valence-corrected chi connectivity index (χ1v) is 7.06. The standard InChI is InChI=1S/C15H21F3N2O3/c1-9(10(2)19)14(21)20-12-8-11(15(16,17)18)4-5-13(12)23-7-6-22-3/h4-5,8-10H,6-7,19H2,1-3H3,(H,20,21).